The first-order valence-corrected chi connectivity index (χ1v) is 6.28. The summed E-state index contributed by atoms with van der Waals surface area (Å²) in [5, 5.41) is 20.3. The molecule has 1 amide bonds. The minimum atomic E-state index is -0.403. The number of amides is 1. The van der Waals surface area contributed by atoms with E-state index in [1.807, 2.05) is 20.8 Å². The van der Waals surface area contributed by atoms with Crippen LogP contribution in [0.5, 0.6) is 0 Å². The van der Waals surface area contributed by atoms with Gasteiger partial charge in [-0.2, -0.15) is 5.10 Å². The van der Waals surface area contributed by atoms with Crippen molar-refractivity contribution in [2.75, 3.05) is 10.4 Å². The summed E-state index contributed by atoms with van der Waals surface area (Å²) in [5.41, 5.74) is 0.737. The van der Waals surface area contributed by atoms with Gasteiger partial charge in [0.2, 0.25) is 0 Å². The van der Waals surface area contributed by atoms with E-state index in [-0.39, 0.29) is 5.91 Å². The Bertz CT molecular complexity index is 570. The van der Waals surface area contributed by atoms with Crippen LogP contribution >= 0.6 is 0 Å². The number of aromatic nitrogens is 2. The van der Waals surface area contributed by atoms with E-state index in [1.165, 1.54) is 5.06 Å². The van der Waals surface area contributed by atoms with Gasteiger partial charge in [-0.3, -0.25) is 20.2 Å². The quantitative estimate of drug-likeness (QED) is 0.752. The van der Waals surface area contributed by atoms with Crippen molar-refractivity contribution >= 4 is 17.4 Å². The van der Waals surface area contributed by atoms with Crippen LogP contribution in [0.25, 0.3) is 0 Å². The fraction of sp³-hybridized carbons (Fsp3) is 0.286. The Balaban J connectivity index is 2.10. The molecule has 1 aromatic heterocycles. The summed E-state index contributed by atoms with van der Waals surface area (Å²) in [7, 11) is 0. The minimum absolute atomic E-state index is 0.235. The Kier molecular flexibility index (Phi) is 3.76. The highest BCUT2D eigenvalue weighted by molar-refractivity contribution is 6.03. The molecule has 1 heterocycles. The maximum absolute atomic E-state index is 12.0. The molecular weight excluding hydrogens is 256 g/mol. The molecule has 0 saturated heterocycles. The van der Waals surface area contributed by atoms with E-state index >= 15 is 0 Å². The van der Waals surface area contributed by atoms with Crippen molar-refractivity contribution in [3.63, 3.8) is 0 Å². The molecule has 0 unspecified atom stereocenters. The first kappa shape index (κ1) is 14.1. The zero-order valence-electron chi connectivity index (χ0n) is 11.7. The minimum Gasteiger partial charge on any atom is -0.307 e. The summed E-state index contributed by atoms with van der Waals surface area (Å²) >= 11 is 0. The first-order valence-electron chi connectivity index (χ1n) is 6.28. The lowest BCUT2D eigenvalue weighted by Crippen LogP contribution is -2.38. The van der Waals surface area contributed by atoms with Crippen LogP contribution in [0.15, 0.2) is 36.5 Å². The number of nitrogens with one attached hydrogen (secondary N) is 2. The van der Waals surface area contributed by atoms with Gasteiger partial charge in [-0.15, -0.1) is 0 Å². The van der Waals surface area contributed by atoms with Gasteiger partial charge < -0.3 is 5.32 Å². The smallest absolute Gasteiger partial charge is 0.256 e. The van der Waals surface area contributed by atoms with Crippen molar-refractivity contribution in [1.82, 2.24) is 10.2 Å². The van der Waals surface area contributed by atoms with Crippen LogP contribution in [0.2, 0.25) is 0 Å². The summed E-state index contributed by atoms with van der Waals surface area (Å²) in [4.78, 5) is 12.0. The molecule has 0 spiro atoms. The summed E-state index contributed by atoms with van der Waals surface area (Å²) in [6, 6.07) is 8.40. The molecule has 0 saturated carbocycles. The molecule has 2 aromatic rings. The molecule has 0 fully saturated rings. The number of anilines is 2. The van der Waals surface area contributed by atoms with Gasteiger partial charge in [0.25, 0.3) is 5.91 Å². The molecule has 106 valence electrons. The third kappa shape index (κ3) is 3.16. The molecule has 3 N–H and O–H groups in total. The van der Waals surface area contributed by atoms with E-state index in [2.05, 4.69) is 15.5 Å². The summed E-state index contributed by atoms with van der Waals surface area (Å²) < 4.78 is 0. The monoisotopic (exact) mass is 274 g/mol. The van der Waals surface area contributed by atoms with Gasteiger partial charge in [0, 0.05) is 11.6 Å². The number of aromatic amines is 1. The molecular formula is C14H18N4O2. The number of hydrogen-bond donors (Lipinski definition) is 3. The first-order chi connectivity index (χ1) is 9.38. The van der Waals surface area contributed by atoms with Crippen LogP contribution in [0.4, 0.5) is 11.5 Å². The maximum atomic E-state index is 12.0. The molecule has 1 aromatic carbocycles. The number of carbonyl (C=O) groups excluding carboxylic acids is 1. The summed E-state index contributed by atoms with van der Waals surface area (Å²) in [6.07, 6.45) is 1.56. The van der Waals surface area contributed by atoms with Crippen LogP contribution < -0.4 is 10.4 Å². The number of rotatable bonds is 3. The number of H-pyrrole nitrogens is 1. The zero-order chi connectivity index (χ0) is 14.8. The van der Waals surface area contributed by atoms with Crippen molar-refractivity contribution in [3.8, 4) is 0 Å². The summed E-state index contributed by atoms with van der Waals surface area (Å²) in [6.45, 7) is 5.68. The van der Waals surface area contributed by atoms with Crippen LogP contribution in [-0.4, -0.2) is 26.9 Å². The lowest BCUT2D eigenvalue weighted by molar-refractivity contribution is 0.102. The predicted octanol–water partition coefficient (Wildman–Crippen LogP) is 2.66. The fourth-order valence-corrected chi connectivity index (χ4v) is 1.66. The van der Waals surface area contributed by atoms with Crippen molar-refractivity contribution in [2.24, 2.45) is 0 Å². The Morgan fingerprint density at radius 1 is 1.25 bits per heavy atom. The van der Waals surface area contributed by atoms with E-state index in [9.17, 15) is 10.0 Å². The Morgan fingerprint density at radius 2 is 1.90 bits per heavy atom. The highest BCUT2D eigenvalue weighted by Gasteiger charge is 2.20. The Morgan fingerprint density at radius 3 is 2.40 bits per heavy atom. The van der Waals surface area contributed by atoms with Gasteiger partial charge in [0.1, 0.15) is 5.82 Å². The maximum Gasteiger partial charge on any atom is 0.256 e. The fourth-order valence-electron chi connectivity index (χ4n) is 1.66. The highest BCUT2D eigenvalue weighted by Crippen LogP contribution is 2.22. The number of benzene rings is 1. The second kappa shape index (κ2) is 5.34. The van der Waals surface area contributed by atoms with Crippen LogP contribution in [0.1, 0.15) is 31.1 Å². The van der Waals surface area contributed by atoms with Crippen LogP contribution in [0, 0.1) is 0 Å². The largest absolute Gasteiger partial charge is 0.307 e. The van der Waals surface area contributed by atoms with E-state index in [4.69, 9.17) is 0 Å². The van der Waals surface area contributed by atoms with Crippen molar-refractivity contribution in [3.05, 3.63) is 42.1 Å². The molecule has 6 heteroatoms. The molecule has 2 rings (SSSR count). The molecule has 20 heavy (non-hydrogen) atoms. The SMILES string of the molecule is CC(C)(C)N(O)c1ccc(C(=O)Nc2ccn[nH]2)cc1. The molecule has 6 nitrogen and oxygen atoms in total. The molecule has 0 atom stereocenters. The highest BCUT2D eigenvalue weighted by atomic mass is 16.5. The van der Waals surface area contributed by atoms with Crippen LogP contribution in [0.3, 0.4) is 0 Å². The second-order valence-corrected chi connectivity index (χ2v) is 5.45. The molecule has 0 aliphatic rings. The van der Waals surface area contributed by atoms with Gasteiger partial charge >= 0.3 is 0 Å². The molecule has 0 radical (unpaired) electrons. The van der Waals surface area contributed by atoms with E-state index in [1.54, 1.807) is 36.5 Å². The van der Waals surface area contributed by atoms with Gasteiger partial charge in [0.05, 0.1) is 17.4 Å². The zero-order valence-corrected chi connectivity index (χ0v) is 11.7. The second-order valence-electron chi connectivity index (χ2n) is 5.45. The third-order valence-electron chi connectivity index (χ3n) is 2.76. The van der Waals surface area contributed by atoms with E-state index < -0.39 is 5.54 Å². The van der Waals surface area contributed by atoms with Crippen molar-refractivity contribution in [1.29, 1.82) is 0 Å². The molecule has 0 aliphatic heterocycles. The lowest BCUT2D eigenvalue weighted by atomic mass is 10.1. The number of nitrogens with zero attached hydrogens (tertiary/aromatic N) is 2. The van der Waals surface area contributed by atoms with E-state index in [0.29, 0.717) is 17.1 Å². The van der Waals surface area contributed by atoms with Gasteiger partial charge in [-0.1, -0.05) is 0 Å². The van der Waals surface area contributed by atoms with Crippen molar-refractivity contribution in [2.45, 2.75) is 26.3 Å². The average Bonchev–Trinajstić information content (AvgIpc) is 2.90. The van der Waals surface area contributed by atoms with Gasteiger partial charge in [-0.25, -0.2) is 0 Å². The molecule has 0 aliphatic carbocycles. The van der Waals surface area contributed by atoms with Gasteiger partial charge in [-0.05, 0) is 45.0 Å². The standard InChI is InChI=1S/C14H18N4O2/c1-14(2,3)18(20)11-6-4-10(5-7-11)13(19)16-12-8-9-15-17-12/h4-9,20H,1-3H3,(H2,15,16,17,19). The lowest BCUT2D eigenvalue weighted by Gasteiger charge is -2.31. The van der Waals surface area contributed by atoms with Crippen molar-refractivity contribution < 1.29 is 10.0 Å². The third-order valence-corrected chi connectivity index (χ3v) is 2.76. The normalized spacial score (nSPS) is 11.2. The van der Waals surface area contributed by atoms with E-state index in [0.717, 1.165) is 0 Å². The predicted molar refractivity (Wildman–Crippen MR) is 77.0 cm³/mol. The number of hydrogen-bond acceptors (Lipinski definition) is 4. The summed E-state index contributed by atoms with van der Waals surface area (Å²) in [5.74, 6) is 0.304. The topological polar surface area (TPSA) is 81.2 Å². The average molecular weight is 274 g/mol. The molecule has 0 bridgehead atoms. The van der Waals surface area contributed by atoms with Crippen LogP contribution in [-0.2, 0) is 0 Å². The van der Waals surface area contributed by atoms with Gasteiger partial charge in [0.15, 0.2) is 0 Å². The Hall–Kier alpha value is -2.34. The Labute approximate surface area is 117 Å². The number of carbonyl (C=O) groups is 1. The number of hydroxylamine groups is 1.